The van der Waals surface area contributed by atoms with E-state index in [1.54, 1.807) is 11.1 Å². The van der Waals surface area contributed by atoms with Gasteiger partial charge in [0, 0.05) is 0 Å². The molecule has 4 aliphatic rings. The Morgan fingerprint density at radius 2 is 2.00 bits per heavy atom. The molecule has 4 unspecified atom stereocenters. The zero-order chi connectivity index (χ0) is 13.9. The zero-order valence-electron chi connectivity index (χ0n) is 12.9. The largest absolute Gasteiger partial charge is 0.389 e. The summed E-state index contributed by atoms with van der Waals surface area (Å²) in [4.78, 5) is 0. The third-order valence-corrected chi connectivity index (χ3v) is 7.40. The lowest BCUT2D eigenvalue weighted by Crippen LogP contribution is -2.45. The van der Waals surface area contributed by atoms with Gasteiger partial charge in [-0.05, 0) is 81.0 Å². The van der Waals surface area contributed by atoms with E-state index in [0.29, 0.717) is 5.41 Å². The van der Waals surface area contributed by atoms with Crippen molar-refractivity contribution < 1.29 is 5.11 Å². The average molecular weight is 272 g/mol. The molecule has 0 saturated heterocycles. The van der Waals surface area contributed by atoms with E-state index in [-0.39, 0.29) is 6.10 Å². The number of aliphatic hydroxyl groups is 1. The topological polar surface area (TPSA) is 20.2 Å². The molecule has 0 radical (unpaired) electrons. The van der Waals surface area contributed by atoms with Crippen molar-refractivity contribution in [1.29, 1.82) is 0 Å². The van der Waals surface area contributed by atoms with Gasteiger partial charge in [0.05, 0.1) is 6.10 Å². The first-order valence-electron chi connectivity index (χ1n) is 8.65. The number of allylic oxidation sites excluding steroid dienone is 3. The van der Waals surface area contributed by atoms with Crippen LogP contribution in [0.2, 0.25) is 0 Å². The summed E-state index contributed by atoms with van der Waals surface area (Å²) in [6.07, 6.45) is 13.6. The molecule has 6 atom stereocenters. The zero-order valence-corrected chi connectivity index (χ0v) is 12.9. The lowest BCUT2D eigenvalue weighted by Gasteiger charge is -2.53. The van der Waals surface area contributed by atoms with Gasteiger partial charge in [0.2, 0.25) is 0 Å². The Hall–Kier alpha value is -0.560. The van der Waals surface area contributed by atoms with E-state index in [1.807, 2.05) is 0 Å². The van der Waals surface area contributed by atoms with Gasteiger partial charge in [-0.2, -0.15) is 0 Å². The molecule has 0 spiro atoms. The molecule has 0 aliphatic heterocycles. The van der Waals surface area contributed by atoms with Crippen molar-refractivity contribution in [3.63, 3.8) is 0 Å². The molecule has 2 fully saturated rings. The van der Waals surface area contributed by atoms with E-state index in [1.165, 1.54) is 38.5 Å². The summed E-state index contributed by atoms with van der Waals surface area (Å²) >= 11 is 0. The SMILES string of the molecule is CC1=CCC2C3CCC4=C[C@@H](O)CCC4C3CC[C@]12C. The highest BCUT2D eigenvalue weighted by molar-refractivity contribution is 5.26. The molecule has 1 heteroatoms. The summed E-state index contributed by atoms with van der Waals surface area (Å²) in [5.74, 6) is 3.58. The van der Waals surface area contributed by atoms with Gasteiger partial charge in [-0.25, -0.2) is 0 Å². The first kappa shape index (κ1) is 13.1. The van der Waals surface area contributed by atoms with Crippen molar-refractivity contribution in [3.05, 3.63) is 23.3 Å². The molecule has 0 aromatic carbocycles. The van der Waals surface area contributed by atoms with E-state index >= 15 is 0 Å². The van der Waals surface area contributed by atoms with Crippen LogP contribution in [0.25, 0.3) is 0 Å². The molecule has 20 heavy (non-hydrogen) atoms. The highest BCUT2D eigenvalue weighted by Gasteiger charge is 2.52. The maximum atomic E-state index is 9.89. The fraction of sp³-hybridized carbons (Fsp3) is 0.789. The van der Waals surface area contributed by atoms with Crippen LogP contribution >= 0.6 is 0 Å². The molecule has 0 bridgehead atoms. The second-order valence-corrected chi connectivity index (χ2v) is 8.04. The third-order valence-electron chi connectivity index (χ3n) is 7.40. The molecular formula is C19H28O. The number of fused-ring (bicyclic) bond motifs is 5. The van der Waals surface area contributed by atoms with E-state index in [9.17, 15) is 5.11 Å². The summed E-state index contributed by atoms with van der Waals surface area (Å²) in [5.41, 5.74) is 3.79. The van der Waals surface area contributed by atoms with Crippen LogP contribution in [0.4, 0.5) is 0 Å². The van der Waals surface area contributed by atoms with E-state index in [4.69, 9.17) is 0 Å². The van der Waals surface area contributed by atoms with Crippen molar-refractivity contribution in [2.75, 3.05) is 0 Å². The Kier molecular flexibility index (Phi) is 2.93. The second kappa shape index (κ2) is 4.47. The molecule has 0 amide bonds. The van der Waals surface area contributed by atoms with Gasteiger partial charge in [-0.3, -0.25) is 0 Å². The average Bonchev–Trinajstić information content (AvgIpc) is 2.74. The summed E-state index contributed by atoms with van der Waals surface area (Å²) in [6, 6.07) is 0. The number of hydrogen-bond donors (Lipinski definition) is 1. The molecule has 110 valence electrons. The summed E-state index contributed by atoms with van der Waals surface area (Å²) < 4.78 is 0. The van der Waals surface area contributed by atoms with Gasteiger partial charge in [-0.1, -0.05) is 30.2 Å². The molecule has 0 aromatic heterocycles. The normalized spacial score (nSPS) is 50.6. The maximum absolute atomic E-state index is 9.89. The molecule has 0 heterocycles. The first-order valence-corrected chi connectivity index (χ1v) is 8.65. The van der Waals surface area contributed by atoms with E-state index in [0.717, 1.165) is 30.1 Å². The second-order valence-electron chi connectivity index (χ2n) is 8.04. The molecule has 2 saturated carbocycles. The lowest BCUT2D eigenvalue weighted by molar-refractivity contribution is 0.00465. The van der Waals surface area contributed by atoms with Crippen LogP contribution in [0, 0.1) is 29.1 Å². The van der Waals surface area contributed by atoms with Gasteiger partial charge in [-0.15, -0.1) is 0 Å². The summed E-state index contributed by atoms with van der Waals surface area (Å²) in [5, 5.41) is 9.89. The molecule has 0 aromatic rings. The van der Waals surface area contributed by atoms with Crippen LogP contribution in [0.3, 0.4) is 0 Å². The minimum Gasteiger partial charge on any atom is -0.389 e. The van der Waals surface area contributed by atoms with Crippen LogP contribution in [-0.2, 0) is 0 Å². The van der Waals surface area contributed by atoms with Gasteiger partial charge in [0.25, 0.3) is 0 Å². The minimum atomic E-state index is -0.151. The molecule has 1 N–H and O–H groups in total. The van der Waals surface area contributed by atoms with Crippen LogP contribution < -0.4 is 0 Å². The predicted octanol–water partition coefficient (Wildman–Crippen LogP) is 4.48. The first-order chi connectivity index (χ1) is 9.59. The van der Waals surface area contributed by atoms with Crippen LogP contribution in [0.1, 0.15) is 58.8 Å². The number of hydrogen-bond acceptors (Lipinski definition) is 1. The van der Waals surface area contributed by atoms with Gasteiger partial charge < -0.3 is 5.11 Å². The van der Waals surface area contributed by atoms with E-state index < -0.39 is 0 Å². The van der Waals surface area contributed by atoms with Crippen molar-refractivity contribution in [1.82, 2.24) is 0 Å². The standard InChI is InChI=1S/C19H28O/c1-12-3-8-18-17-6-4-13-11-14(20)5-7-15(13)16(17)9-10-19(12,18)2/h3,11,14-18,20H,4-10H2,1-2H3/t14-,15?,16?,17?,18?,19+/m0/s1. The Balaban J connectivity index is 1.62. The van der Waals surface area contributed by atoms with Crippen molar-refractivity contribution in [2.45, 2.75) is 64.9 Å². The van der Waals surface area contributed by atoms with Crippen molar-refractivity contribution in [2.24, 2.45) is 29.1 Å². The third kappa shape index (κ3) is 1.71. The molecular weight excluding hydrogens is 244 g/mol. The predicted molar refractivity (Wildman–Crippen MR) is 82.2 cm³/mol. The van der Waals surface area contributed by atoms with Crippen LogP contribution in [-0.4, -0.2) is 11.2 Å². The molecule has 4 rings (SSSR count). The lowest BCUT2D eigenvalue weighted by atomic mass is 9.51. The molecule has 4 aliphatic carbocycles. The number of rotatable bonds is 0. The van der Waals surface area contributed by atoms with Crippen molar-refractivity contribution >= 4 is 0 Å². The Bertz CT molecular complexity index is 474. The van der Waals surface area contributed by atoms with E-state index in [2.05, 4.69) is 26.0 Å². The fourth-order valence-electron chi connectivity index (χ4n) is 6.09. The Morgan fingerprint density at radius 3 is 2.85 bits per heavy atom. The summed E-state index contributed by atoms with van der Waals surface area (Å²) in [7, 11) is 0. The quantitative estimate of drug-likeness (QED) is 0.645. The Morgan fingerprint density at radius 1 is 1.15 bits per heavy atom. The van der Waals surface area contributed by atoms with Crippen molar-refractivity contribution in [3.8, 4) is 0 Å². The monoisotopic (exact) mass is 272 g/mol. The fourth-order valence-corrected chi connectivity index (χ4v) is 6.09. The minimum absolute atomic E-state index is 0.151. The van der Waals surface area contributed by atoms with Gasteiger partial charge in [0.1, 0.15) is 0 Å². The van der Waals surface area contributed by atoms with Gasteiger partial charge in [0.15, 0.2) is 0 Å². The van der Waals surface area contributed by atoms with Crippen LogP contribution in [0.15, 0.2) is 23.3 Å². The highest BCUT2D eigenvalue weighted by Crippen LogP contribution is 2.61. The highest BCUT2D eigenvalue weighted by atomic mass is 16.3. The van der Waals surface area contributed by atoms with Gasteiger partial charge >= 0.3 is 0 Å². The van der Waals surface area contributed by atoms with Crippen LogP contribution in [0.5, 0.6) is 0 Å². The molecule has 1 nitrogen and oxygen atoms in total. The smallest absolute Gasteiger partial charge is 0.0723 e. The maximum Gasteiger partial charge on any atom is 0.0723 e. The Labute approximate surface area is 123 Å². The number of aliphatic hydroxyl groups excluding tert-OH is 1. The summed E-state index contributed by atoms with van der Waals surface area (Å²) in [6.45, 7) is 4.90.